The second kappa shape index (κ2) is 4.74. The van der Waals surface area contributed by atoms with Crippen molar-refractivity contribution in [1.29, 1.82) is 0 Å². The lowest BCUT2D eigenvalue weighted by molar-refractivity contribution is 0.0926. The molecule has 0 atom stereocenters. The largest absolute Gasteiger partial charge is 0.268 e. The molecule has 0 saturated carbocycles. The number of hydrogen-bond acceptors (Lipinski definition) is 3. The summed E-state index contributed by atoms with van der Waals surface area (Å²) in [6, 6.07) is 14.6. The fourth-order valence-electron chi connectivity index (χ4n) is 3.09. The molecule has 4 rings (SSSR count). The number of hydrogen-bond donors (Lipinski definition) is 0. The van der Waals surface area contributed by atoms with Gasteiger partial charge >= 0.3 is 0 Å². The van der Waals surface area contributed by atoms with E-state index >= 15 is 0 Å². The minimum atomic E-state index is -0.276. The van der Waals surface area contributed by atoms with E-state index in [4.69, 9.17) is 0 Å². The van der Waals surface area contributed by atoms with Crippen LogP contribution < -0.4 is 4.90 Å². The number of aryl methyl sites for hydroxylation is 2. The number of aromatic nitrogens is 1. The lowest BCUT2D eigenvalue weighted by Crippen LogP contribution is -2.30. The molecule has 1 aromatic heterocycles. The second-order valence-electron chi connectivity index (χ2n) is 5.74. The van der Waals surface area contributed by atoms with E-state index in [9.17, 15) is 9.59 Å². The van der Waals surface area contributed by atoms with E-state index in [2.05, 4.69) is 4.98 Å². The summed E-state index contributed by atoms with van der Waals surface area (Å²) in [6.45, 7) is 3.82. The van der Waals surface area contributed by atoms with Gasteiger partial charge in [-0.15, -0.1) is 0 Å². The lowest BCUT2D eigenvalue weighted by atomic mass is 10.1. The van der Waals surface area contributed by atoms with E-state index in [1.54, 1.807) is 24.3 Å². The molecule has 0 unspecified atom stereocenters. The Morgan fingerprint density at radius 2 is 1.48 bits per heavy atom. The van der Waals surface area contributed by atoms with Crippen molar-refractivity contribution in [2.45, 2.75) is 13.8 Å². The first-order chi connectivity index (χ1) is 11.1. The standard InChI is InChI=1S/C19H14N2O2/c1-11-7-10-16-15(9-8-12(2)20-16)17(11)21-18(22)13-5-3-4-6-14(13)19(21)23/h3-10H,1-2H3. The number of benzene rings is 2. The molecule has 2 aromatic carbocycles. The van der Waals surface area contributed by atoms with Crippen molar-refractivity contribution in [3.63, 3.8) is 0 Å². The number of amides is 2. The van der Waals surface area contributed by atoms with Gasteiger partial charge in [0.1, 0.15) is 0 Å². The van der Waals surface area contributed by atoms with Crippen molar-refractivity contribution in [2.75, 3.05) is 4.90 Å². The summed E-state index contributed by atoms with van der Waals surface area (Å²) >= 11 is 0. The lowest BCUT2D eigenvalue weighted by Gasteiger charge is -2.19. The Balaban J connectivity index is 1.99. The third kappa shape index (κ3) is 1.88. The van der Waals surface area contributed by atoms with Crippen molar-refractivity contribution in [3.05, 3.63) is 70.9 Å². The predicted octanol–water partition coefficient (Wildman–Crippen LogP) is 3.65. The van der Waals surface area contributed by atoms with Gasteiger partial charge in [0.2, 0.25) is 0 Å². The highest BCUT2D eigenvalue weighted by molar-refractivity contribution is 6.36. The van der Waals surface area contributed by atoms with E-state index in [1.165, 1.54) is 4.90 Å². The molecule has 112 valence electrons. The number of pyridine rings is 1. The average Bonchev–Trinajstić information content (AvgIpc) is 2.80. The second-order valence-corrected chi connectivity index (χ2v) is 5.74. The number of rotatable bonds is 1. The van der Waals surface area contributed by atoms with Gasteiger partial charge in [-0.1, -0.05) is 18.2 Å². The van der Waals surface area contributed by atoms with Gasteiger partial charge in [-0.05, 0) is 49.7 Å². The summed E-state index contributed by atoms with van der Waals surface area (Å²) in [5.41, 5.74) is 4.08. The van der Waals surface area contributed by atoms with E-state index < -0.39 is 0 Å². The van der Waals surface area contributed by atoms with E-state index in [1.807, 2.05) is 38.1 Å². The van der Waals surface area contributed by atoms with Crippen molar-refractivity contribution in [1.82, 2.24) is 4.98 Å². The summed E-state index contributed by atoms with van der Waals surface area (Å²) in [4.78, 5) is 31.3. The number of fused-ring (bicyclic) bond motifs is 2. The van der Waals surface area contributed by atoms with Crippen LogP contribution in [0.3, 0.4) is 0 Å². The van der Waals surface area contributed by atoms with Crippen molar-refractivity contribution in [2.24, 2.45) is 0 Å². The molecule has 1 aliphatic heterocycles. The molecule has 4 heteroatoms. The minimum Gasteiger partial charge on any atom is -0.268 e. The van der Waals surface area contributed by atoms with E-state index in [0.29, 0.717) is 16.8 Å². The maximum absolute atomic E-state index is 12.8. The molecule has 3 aromatic rings. The van der Waals surface area contributed by atoms with Gasteiger partial charge < -0.3 is 0 Å². The fraction of sp³-hybridized carbons (Fsp3) is 0.105. The molecule has 4 nitrogen and oxygen atoms in total. The zero-order chi connectivity index (χ0) is 16.1. The monoisotopic (exact) mass is 302 g/mol. The van der Waals surface area contributed by atoms with Crippen LogP contribution >= 0.6 is 0 Å². The Labute approximate surface area is 133 Å². The molecule has 2 amide bonds. The van der Waals surface area contributed by atoms with Gasteiger partial charge in [0.15, 0.2) is 0 Å². The highest BCUT2D eigenvalue weighted by atomic mass is 16.2. The summed E-state index contributed by atoms with van der Waals surface area (Å²) in [6.07, 6.45) is 0. The summed E-state index contributed by atoms with van der Waals surface area (Å²) in [5.74, 6) is -0.552. The van der Waals surface area contributed by atoms with E-state index in [-0.39, 0.29) is 11.8 Å². The Morgan fingerprint density at radius 3 is 2.13 bits per heavy atom. The van der Waals surface area contributed by atoms with Crippen LogP contribution in [0.2, 0.25) is 0 Å². The molecule has 0 spiro atoms. The molecule has 23 heavy (non-hydrogen) atoms. The third-order valence-electron chi connectivity index (χ3n) is 4.20. The smallest absolute Gasteiger partial charge is 0.266 e. The summed E-state index contributed by atoms with van der Waals surface area (Å²) in [7, 11) is 0. The zero-order valence-electron chi connectivity index (χ0n) is 12.8. The number of anilines is 1. The van der Waals surface area contributed by atoms with Crippen molar-refractivity contribution >= 4 is 28.4 Å². The zero-order valence-corrected chi connectivity index (χ0v) is 12.8. The maximum Gasteiger partial charge on any atom is 0.266 e. The SMILES string of the molecule is Cc1ccc2c(N3C(=O)c4ccccc4C3=O)c(C)ccc2n1. The minimum absolute atomic E-state index is 0.276. The number of imide groups is 1. The number of carbonyl (C=O) groups is 2. The molecule has 0 bridgehead atoms. The quantitative estimate of drug-likeness (QED) is 0.645. The number of nitrogens with zero attached hydrogens (tertiary/aromatic N) is 2. The van der Waals surface area contributed by atoms with Crippen LogP contribution in [-0.2, 0) is 0 Å². The van der Waals surface area contributed by atoms with Crippen LogP contribution in [0.25, 0.3) is 10.9 Å². The van der Waals surface area contributed by atoms with Crippen LogP contribution in [0, 0.1) is 13.8 Å². The molecule has 0 N–H and O–H groups in total. The summed E-state index contributed by atoms with van der Waals surface area (Å²) < 4.78 is 0. The molecule has 0 saturated heterocycles. The predicted molar refractivity (Wildman–Crippen MR) is 88.8 cm³/mol. The Morgan fingerprint density at radius 1 is 0.826 bits per heavy atom. The van der Waals surface area contributed by atoms with E-state index in [0.717, 1.165) is 22.2 Å². The Kier molecular flexibility index (Phi) is 2.81. The summed E-state index contributed by atoms with van der Waals surface area (Å²) in [5, 5.41) is 0.810. The van der Waals surface area contributed by atoms with Gasteiger partial charge in [0, 0.05) is 11.1 Å². The van der Waals surface area contributed by atoms with Crippen LogP contribution in [0.4, 0.5) is 5.69 Å². The molecule has 2 heterocycles. The van der Waals surface area contributed by atoms with Crippen molar-refractivity contribution in [3.8, 4) is 0 Å². The van der Waals surface area contributed by atoms with Gasteiger partial charge in [0.05, 0.1) is 22.3 Å². The first-order valence-corrected chi connectivity index (χ1v) is 7.42. The van der Waals surface area contributed by atoms with Crippen LogP contribution in [0.1, 0.15) is 32.0 Å². The molecule has 0 fully saturated rings. The topological polar surface area (TPSA) is 50.3 Å². The molecular weight excluding hydrogens is 288 g/mol. The normalized spacial score (nSPS) is 13.7. The Hall–Kier alpha value is -3.01. The first kappa shape index (κ1) is 13.6. The Bertz CT molecular complexity index is 957. The maximum atomic E-state index is 12.8. The van der Waals surface area contributed by atoms with Crippen LogP contribution in [0.15, 0.2) is 48.5 Å². The molecule has 0 radical (unpaired) electrons. The van der Waals surface area contributed by atoms with Gasteiger partial charge in [-0.3, -0.25) is 14.6 Å². The fourth-order valence-corrected chi connectivity index (χ4v) is 3.09. The van der Waals surface area contributed by atoms with Crippen LogP contribution in [-0.4, -0.2) is 16.8 Å². The van der Waals surface area contributed by atoms with Gasteiger partial charge in [-0.2, -0.15) is 0 Å². The van der Waals surface area contributed by atoms with Gasteiger partial charge in [0.25, 0.3) is 11.8 Å². The first-order valence-electron chi connectivity index (χ1n) is 7.42. The molecular formula is C19H14N2O2. The highest BCUT2D eigenvalue weighted by Gasteiger charge is 2.37. The average molecular weight is 302 g/mol. The van der Waals surface area contributed by atoms with Crippen LogP contribution in [0.5, 0.6) is 0 Å². The van der Waals surface area contributed by atoms with Gasteiger partial charge in [-0.25, -0.2) is 4.90 Å². The third-order valence-corrected chi connectivity index (χ3v) is 4.20. The van der Waals surface area contributed by atoms with Crippen molar-refractivity contribution < 1.29 is 9.59 Å². The molecule has 0 aliphatic carbocycles. The highest BCUT2D eigenvalue weighted by Crippen LogP contribution is 2.35. The molecule has 1 aliphatic rings. The number of carbonyl (C=O) groups excluding carboxylic acids is 2.